The second-order valence-corrected chi connectivity index (χ2v) is 4.56. The summed E-state index contributed by atoms with van der Waals surface area (Å²) in [4.78, 5) is 22.7. The van der Waals surface area contributed by atoms with Crippen LogP contribution in [0.4, 0.5) is 0 Å². The molecule has 2 aromatic carbocycles. The number of aromatic hydroxyl groups is 1. The largest absolute Gasteiger partial charge is 0.508 e. The number of carboxylic acid groups (broad SMARTS) is 1. The van der Waals surface area contributed by atoms with Crippen molar-refractivity contribution in [2.75, 3.05) is 6.54 Å². The maximum Gasteiger partial charge on any atom is 0.335 e. The van der Waals surface area contributed by atoms with Gasteiger partial charge >= 0.3 is 5.97 Å². The summed E-state index contributed by atoms with van der Waals surface area (Å²) in [5, 5.41) is 20.9. The number of phenolic OH excluding ortho intramolecular Hbond substituents is 1. The van der Waals surface area contributed by atoms with Gasteiger partial charge in [0.15, 0.2) is 0 Å². The number of nitrogens with one attached hydrogen (secondary N) is 1. The van der Waals surface area contributed by atoms with E-state index in [0.29, 0.717) is 18.5 Å². The molecule has 0 aliphatic carbocycles. The minimum Gasteiger partial charge on any atom is -0.508 e. The highest BCUT2D eigenvalue weighted by Crippen LogP contribution is 2.10. The zero-order chi connectivity index (χ0) is 15.2. The Kier molecular flexibility index (Phi) is 4.56. The molecule has 0 aromatic heterocycles. The van der Waals surface area contributed by atoms with Gasteiger partial charge in [0.1, 0.15) is 5.75 Å². The zero-order valence-electron chi connectivity index (χ0n) is 11.2. The van der Waals surface area contributed by atoms with Crippen LogP contribution >= 0.6 is 0 Å². The smallest absolute Gasteiger partial charge is 0.335 e. The maximum absolute atomic E-state index is 11.8. The number of amides is 1. The van der Waals surface area contributed by atoms with Crippen molar-refractivity contribution in [2.24, 2.45) is 0 Å². The van der Waals surface area contributed by atoms with E-state index in [2.05, 4.69) is 5.32 Å². The average molecular weight is 285 g/mol. The Balaban J connectivity index is 1.91. The molecule has 108 valence electrons. The lowest BCUT2D eigenvalue weighted by molar-refractivity contribution is 0.0696. The van der Waals surface area contributed by atoms with Crippen LogP contribution in [-0.4, -0.2) is 28.6 Å². The van der Waals surface area contributed by atoms with E-state index in [9.17, 15) is 14.7 Å². The highest BCUT2D eigenvalue weighted by Gasteiger charge is 2.06. The van der Waals surface area contributed by atoms with Crippen LogP contribution in [0.3, 0.4) is 0 Å². The van der Waals surface area contributed by atoms with Crippen molar-refractivity contribution >= 4 is 11.9 Å². The zero-order valence-corrected chi connectivity index (χ0v) is 11.2. The molecule has 3 N–H and O–H groups in total. The summed E-state index contributed by atoms with van der Waals surface area (Å²) in [6, 6.07) is 12.7. The minimum absolute atomic E-state index is 0.0387. The lowest BCUT2D eigenvalue weighted by atomic mass is 10.1. The fraction of sp³-hybridized carbons (Fsp3) is 0.125. The molecule has 5 heteroatoms. The third-order valence-electron chi connectivity index (χ3n) is 2.98. The first kappa shape index (κ1) is 14.6. The van der Waals surface area contributed by atoms with Gasteiger partial charge in [-0.2, -0.15) is 0 Å². The normalized spacial score (nSPS) is 10.1. The van der Waals surface area contributed by atoms with Crippen LogP contribution in [0.2, 0.25) is 0 Å². The lowest BCUT2D eigenvalue weighted by Gasteiger charge is -2.06. The van der Waals surface area contributed by atoms with Gasteiger partial charge < -0.3 is 15.5 Å². The fourth-order valence-corrected chi connectivity index (χ4v) is 1.93. The van der Waals surface area contributed by atoms with E-state index in [1.54, 1.807) is 24.3 Å². The SMILES string of the molecule is O=C(O)c1cccc(CCNC(=O)c2cccc(O)c2)c1. The first-order valence-corrected chi connectivity index (χ1v) is 6.46. The lowest BCUT2D eigenvalue weighted by Crippen LogP contribution is -2.25. The average Bonchev–Trinajstić information content (AvgIpc) is 2.47. The summed E-state index contributed by atoms with van der Waals surface area (Å²) in [7, 11) is 0. The first-order valence-electron chi connectivity index (χ1n) is 6.46. The van der Waals surface area contributed by atoms with Crippen LogP contribution in [0.25, 0.3) is 0 Å². The van der Waals surface area contributed by atoms with Gasteiger partial charge in [0, 0.05) is 12.1 Å². The summed E-state index contributed by atoms with van der Waals surface area (Å²) < 4.78 is 0. The Morgan fingerprint density at radius 1 is 1.00 bits per heavy atom. The van der Waals surface area contributed by atoms with Crippen molar-refractivity contribution in [1.82, 2.24) is 5.32 Å². The Morgan fingerprint density at radius 3 is 2.43 bits per heavy atom. The molecule has 0 heterocycles. The summed E-state index contributed by atoms with van der Waals surface area (Å²) in [6.45, 7) is 0.386. The Bertz CT molecular complexity index is 667. The molecule has 0 unspecified atom stereocenters. The van der Waals surface area contributed by atoms with Gasteiger partial charge in [-0.3, -0.25) is 4.79 Å². The van der Waals surface area contributed by atoms with Gasteiger partial charge in [0.05, 0.1) is 5.56 Å². The summed E-state index contributed by atoms with van der Waals surface area (Å²) in [6.07, 6.45) is 0.533. The van der Waals surface area contributed by atoms with Gasteiger partial charge in [-0.15, -0.1) is 0 Å². The van der Waals surface area contributed by atoms with Crippen LogP contribution < -0.4 is 5.32 Å². The Hall–Kier alpha value is -2.82. The first-order chi connectivity index (χ1) is 10.1. The number of carboxylic acids is 1. The number of hydrogen-bond donors (Lipinski definition) is 3. The van der Waals surface area contributed by atoms with Gasteiger partial charge in [-0.05, 0) is 42.3 Å². The molecule has 1 amide bonds. The maximum atomic E-state index is 11.8. The Morgan fingerprint density at radius 2 is 1.71 bits per heavy atom. The number of carbonyl (C=O) groups is 2. The molecule has 0 aliphatic rings. The van der Waals surface area contributed by atoms with E-state index in [1.165, 1.54) is 18.2 Å². The van der Waals surface area contributed by atoms with Gasteiger partial charge in [0.2, 0.25) is 0 Å². The number of carbonyl (C=O) groups excluding carboxylic acids is 1. The number of phenols is 1. The van der Waals surface area contributed by atoms with Crippen molar-refractivity contribution in [2.45, 2.75) is 6.42 Å². The minimum atomic E-state index is -0.972. The fourth-order valence-electron chi connectivity index (χ4n) is 1.93. The van der Waals surface area contributed by atoms with E-state index in [1.807, 2.05) is 6.07 Å². The van der Waals surface area contributed by atoms with Crippen molar-refractivity contribution in [1.29, 1.82) is 0 Å². The van der Waals surface area contributed by atoms with Crippen LogP contribution in [-0.2, 0) is 6.42 Å². The monoisotopic (exact) mass is 285 g/mol. The van der Waals surface area contributed by atoms with Gasteiger partial charge in [0.25, 0.3) is 5.91 Å². The van der Waals surface area contributed by atoms with Gasteiger partial charge in [-0.1, -0.05) is 18.2 Å². The van der Waals surface area contributed by atoms with E-state index in [0.717, 1.165) is 5.56 Å². The number of benzene rings is 2. The van der Waals surface area contributed by atoms with Crippen LogP contribution in [0.5, 0.6) is 5.75 Å². The molecule has 0 bridgehead atoms. The molecular formula is C16H15NO4. The predicted octanol–water partition coefficient (Wildman–Crippen LogP) is 2.06. The molecule has 5 nitrogen and oxygen atoms in total. The molecular weight excluding hydrogens is 270 g/mol. The van der Waals surface area contributed by atoms with Crippen molar-refractivity contribution in [3.05, 3.63) is 65.2 Å². The highest BCUT2D eigenvalue weighted by molar-refractivity contribution is 5.94. The highest BCUT2D eigenvalue weighted by atomic mass is 16.4. The number of aromatic carboxylic acids is 1. The molecule has 0 saturated carbocycles. The van der Waals surface area contributed by atoms with E-state index in [-0.39, 0.29) is 17.2 Å². The third-order valence-corrected chi connectivity index (χ3v) is 2.98. The molecule has 0 saturated heterocycles. The second-order valence-electron chi connectivity index (χ2n) is 4.56. The van der Waals surface area contributed by atoms with Crippen molar-refractivity contribution in [3.63, 3.8) is 0 Å². The second kappa shape index (κ2) is 6.56. The van der Waals surface area contributed by atoms with E-state index >= 15 is 0 Å². The summed E-state index contributed by atoms with van der Waals surface area (Å²) in [5.74, 6) is -1.21. The predicted molar refractivity (Wildman–Crippen MR) is 77.5 cm³/mol. The number of rotatable bonds is 5. The van der Waals surface area contributed by atoms with Crippen molar-refractivity contribution in [3.8, 4) is 5.75 Å². The molecule has 0 spiro atoms. The molecule has 0 fully saturated rings. The summed E-state index contributed by atoms with van der Waals surface area (Å²) >= 11 is 0. The molecule has 2 rings (SSSR count). The third kappa shape index (κ3) is 4.07. The molecule has 0 aliphatic heterocycles. The van der Waals surface area contributed by atoms with Crippen molar-refractivity contribution < 1.29 is 19.8 Å². The van der Waals surface area contributed by atoms with E-state index < -0.39 is 5.97 Å². The molecule has 2 aromatic rings. The summed E-state index contributed by atoms with van der Waals surface area (Å²) in [5.41, 5.74) is 1.45. The topological polar surface area (TPSA) is 86.6 Å². The standard InChI is InChI=1S/C16H15NO4/c18-14-6-2-4-12(10-14)15(19)17-8-7-11-3-1-5-13(9-11)16(20)21/h1-6,9-10,18H,7-8H2,(H,17,19)(H,20,21). The van der Waals surface area contributed by atoms with Crippen LogP contribution in [0, 0.1) is 0 Å². The quantitative estimate of drug-likeness (QED) is 0.784. The molecule has 0 atom stereocenters. The molecule has 0 radical (unpaired) electrons. The van der Waals surface area contributed by atoms with Crippen LogP contribution in [0.15, 0.2) is 48.5 Å². The van der Waals surface area contributed by atoms with E-state index in [4.69, 9.17) is 5.11 Å². The number of hydrogen-bond acceptors (Lipinski definition) is 3. The van der Waals surface area contributed by atoms with Gasteiger partial charge in [-0.25, -0.2) is 4.79 Å². The van der Waals surface area contributed by atoms with Crippen LogP contribution in [0.1, 0.15) is 26.3 Å². The molecule has 21 heavy (non-hydrogen) atoms. The Labute approximate surface area is 121 Å².